The summed E-state index contributed by atoms with van der Waals surface area (Å²) in [5.41, 5.74) is 6.45. The SMILES string of the molecule is CN(C(=O)c1sc2ccc(F)cc2c1N)C1CCNCC1. The minimum Gasteiger partial charge on any atom is -0.397 e. The normalized spacial score (nSPS) is 16.3. The zero-order chi connectivity index (χ0) is 15.0. The summed E-state index contributed by atoms with van der Waals surface area (Å²) < 4.78 is 14.2. The molecule has 0 radical (unpaired) electrons. The molecule has 21 heavy (non-hydrogen) atoms. The summed E-state index contributed by atoms with van der Waals surface area (Å²) in [6.45, 7) is 1.85. The van der Waals surface area contributed by atoms with Crippen molar-refractivity contribution in [2.45, 2.75) is 18.9 Å². The lowest BCUT2D eigenvalue weighted by atomic mass is 10.1. The Labute approximate surface area is 126 Å². The summed E-state index contributed by atoms with van der Waals surface area (Å²) >= 11 is 1.33. The Balaban J connectivity index is 1.92. The molecule has 1 fully saturated rings. The molecule has 3 N–H and O–H groups in total. The van der Waals surface area contributed by atoms with Crippen LogP contribution in [0.5, 0.6) is 0 Å². The zero-order valence-electron chi connectivity index (χ0n) is 11.9. The van der Waals surface area contributed by atoms with Crippen molar-refractivity contribution >= 4 is 33.0 Å². The number of fused-ring (bicyclic) bond motifs is 1. The molecule has 2 aromatic rings. The fraction of sp³-hybridized carbons (Fsp3) is 0.400. The van der Waals surface area contributed by atoms with Crippen molar-refractivity contribution in [1.29, 1.82) is 0 Å². The number of nitrogens with one attached hydrogen (secondary N) is 1. The zero-order valence-corrected chi connectivity index (χ0v) is 12.7. The molecule has 112 valence electrons. The fourth-order valence-corrected chi connectivity index (χ4v) is 3.85. The number of thiophene rings is 1. The largest absolute Gasteiger partial charge is 0.397 e. The molecular weight excluding hydrogens is 289 g/mol. The molecule has 0 unspecified atom stereocenters. The molecule has 1 amide bonds. The van der Waals surface area contributed by atoms with Crippen LogP contribution in [-0.2, 0) is 0 Å². The Bertz CT molecular complexity index is 679. The van der Waals surface area contributed by atoms with Gasteiger partial charge in [0.2, 0.25) is 0 Å². The third-order valence-electron chi connectivity index (χ3n) is 4.06. The number of benzene rings is 1. The molecule has 1 aromatic carbocycles. The van der Waals surface area contributed by atoms with E-state index in [4.69, 9.17) is 5.73 Å². The summed E-state index contributed by atoms with van der Waals surface area (Å²) in [7, 11) is 1.82. The van der Waals surface area contributed by atoms with Crippen molar-refractivity contribution < 1.29 is 9.18 Å². The van der Waals surface area contributed by atoms with Gasteiger partial charge in [-0.3, -0.25) is 4.79 Å². The van der Waals surface area contributed by atoms with Gasteiger partial charge in [0, 0.05) is 23.2 Å². The predicted molar refractivity (Wildman–Crippen MR) is 84.2 cm³/mol. The maximum atomic E-state index is 13.3. The molecule has 1 aliphatic rings. The Hall–Kier alpha value is -1.66. The van der Waals surface area contributed by atoms with Crippen LogP contribution in [0.3, 0.4) is 0 Å². The van der Waals surface area contributed by atoms with Crippen LogP contribution in [-0.4, -0.2) is 37.0 Å². The van der Waals surface area contributed by atoms with Crippen LogP contribution in [0.1, 0.15) is 22.5 Å². The fourth-order valence-electron chi connectivity index (χ4n) is 2.77. The van der Waals surface area contributed by atoms with Crippen molar-refractivity contribution in [3.63, 3.8) is 0 Å². The highest BCUT2D eigenvalue weighted by molar-refractivity contribution is 7.21. The third-order valence-corrected chi connectivity index (χ3v) is 5.23. The Kier molecular flexibility index (Phi) is 3.82. The van der Waals surface area contributed by atoms with Crippen molar-refractivity contribution in [3.05, 3.63) is 28.9 Å². The Morgan fingerprint density at radius 3 is 2.86 bits per heavy atom. The topological polar surface area (TPSA) is 58.4 Å². The second-order valence-corrected chi connectivity index (χ2v) is 6.43. The maximum absolute atomic E-state index is 13.3. The number of rotatable bonds is 2. The van der Waals surface area contributed by atoms with Gasteiger partial charge in [-0.25, -0.2) is 4.39 Å². The molecular formula is C15H18FN3OS. The predicted octanol–water partition coefficient (Wildman–Crippen LogP) is 2.45. The van der Waals surface area contributed by atoms with Gasteiger partial charge in [0.15, 0.2) is 0 Å². The minimum atomic E-state index is -0.335. The van der Waals surface area contributed by atoms with Gasteiger partial charge in [-0.1, -0.05) is 0 Å². The lowest BCUT2D eigenvalue weighted by Crippen LogP contribution is -2.43. The van der Waals surface area contributed by atoms with E-state index in [9.17, 15) is 9.18 Å². The monoisotopic (exact) mass is 307 g/mol. The highest BCUT2D eigenvalue weighted by Crippen LogP contribution is 2.35. The number of nitrogens with two attached hydrogens (primary N) is 1. The average molecular weight is 307 g/mol. The molecule has 0 aliphatic carbocycles. The lowest BCUT2D eigenvalue weighted by molar-refractivity contribution is 0.0709. The maximum Gasteiger partial charge on any atom is 0.266 e. The van der Waals surface area contributed by atoms with E-state index in [-0.39, 0.29) is 17.8 Å². The van der Waals surface area contributed by atoms with E-state index < -0.39 is 0 Å². The highest BCUT2D eigenvalue weighted by Gasteiger charge is 2.26. The summed E-state index contributed by atoms with van der Waals surface area (Å²) in [5, 5.41) is 3.91. The van der Waals surface area contributed by atoms with Crippen LogP contribution >= 0.6 is 11.3 Å². The van der Waals surface area contributed by atoms with E-state index in [1.807, 2.05) is 7.05 Å². The molecule has 0 spiro atoms. The van der Waals surface area contributed by atoms with Gasteiger partial charge in [-0.15, -0.1) is 11.3 Å². The van der Waals surface area contributed by atoms with Gasteiger partial charge in [-0.2, -0.15) is 0 Å². The van der Waals surface area contributed by atoms with Crippen molar-refractivity contribution in [2.24, 2.45) is 0 Å². The number of anilines is 1. The first-order valence-electron chi connectivity index (χ1n) is 7.03. The van der Waals surface area contributed by atoms with Crippen LogP contribution < -0.4 is 11.1 Å². The lowest BCUT2D eigenvalue weighted by Gasteiger charge is -2.31. The summed E-state index contributed by atoms with van der Waals surface area (Å²) in [5.74, 6) is -0.404. The molecule has 0 saturated carbocycles. The van der Waals surface area contributed by atoms with Crippen molar-refractivity contribution in [2.75, 3.05) is 25.9 Å². The van der Waals surface area contributed by atoms with E-state index in [0.29, 0.717) is 16.0 Å². The van der Waals surface area contributed by atoms with E-state index in [1.54, 1.807) is 11.0 Å². The van der Waals surface area contributed by atoms with Gasteiger partial charge in [-0.05, 0) is 44.1 Å². The second kappa shape index (κ2) is 5.61. The van der Waals surface area contributed by atoms with E-state index in [0.717, 1.165) is 30.6 Å². The number of carbonyl (C=O) groups excluding carboxylic acids is 1. The molecule has 2 heterocycles. The van der Waals surface area contributed by atoms with Gasteiger partial charge < -0.3 is 16.0 Å². The van der Waals surface area contributed by atoms with E-state index in [1.165, 1.54) is 23.5 Å². The number of halogens is 1. The standard InChI is InChI=1S/C15H18FN3OS/c1-19(10-4-6-18-7-5-10)15(20)14-13(17)11-8-9(16)2-3-12(11)21-14/h2-3,8,10,18H,4-7,17H2,1H3. The van der Waals surface area contributed by atoms with Crippen molar-refractivity contribution in [3.8, 4) is 0 Å². The first-order valence-corrected chi connectivity index (χ1v) is 7.85. The number of nitrogens with zero attached hydrogens (tertiary/aromatic N) is 1. The molecule has 6 heteroatoms. The molecule has 4 nitrogen and oxygen atoms in total. The molecule has 1 aliphatic heterocycles. The summed E-state index contributed by atoms with van der Waals surface area (Å²) in [6, 6.07) is 4.69. The Morgan fingerprint density at radius 1 is 1.43 bits per heavy atom. The third kappa shape index (κ3) is 2.61. The number of nitrogen functional groups attached to an aromatic ring is 1. The highest BCUT2D eigenvalue weighted by atomic mass is 32.1. The molecule has 0 bridgehead atoms. The van der Waals surface area contributed by atoms with Gasteiger partial charge in [0.05, 0.1) is 5.69 Å². The number of amides is 1. The smallest absolute Gasteiger partial charge is 0.266 e. The van der Waals surface area contributed by atoms with E-state index >= 15 is 0 Å². The average Bonchev–Trinajstić information content (AvgIpc) is 2.83. The number of hydrogen-bond donors (Lipinski definition) is 2. The number of piperidine rings is 1. The van der Waals surface area contributed by atoms with Crippen molar-refractivity contribution in [1.82, 2.24) is 10.2 Å². The Morgan fingerprint density at radius 2 is 2.14 bits per heavy atom. The van der Waals surface area contributed by atoms with Gasteiger partial charge >= 0.3 is 0 Å². The van der Waals surface area contributed by atoms with Crippen LogP contribution in [0.2, 0.25) is 0 Å². The van der Waals surface area contributed by atoms with Crippen LogP contribution in [0, 0.1) is 5.82 Å². The first kappa shape index (κ1) is 14.3. The molecule has 0 atom stereocenters. The summed E-state index contributed by atoms with van der Waals surface area (Å²) in [4.78, 5) is 14.9. The summed E-state index contributed by atoms with van der Waals surface area (Å²) in [6.07, 6.45) is 1.89. The second-order valence-electron chi connectivity index (χ2n) is 5.38. The first-order chi connectivity index (χ1) is 10.1. The van der Waals surface area contributed by atoms with E-state index in [2.05, 4.69) is 5.32 Å². The van der Waals surface area contributed by atoms with Crippen LogP contribution in [0.25, 0.3) is 10.1 Å². The molecule has 1 aromatic heterocycles. The molecule has 3 rings (SSSR count). The number of carbonyl (C=O) groups is 1. The van der Waals surface area contributed by atoms with Gasteiger partial charge in [0.1, 0.15) is 10.7 Å². The van der Waals surface area contributed by atoms with Crippen LogP contribution in [0.15, 0.2) is 18.2 Å². The molecule has 1 saturated heterocycles. The van der Waals surface area contributed by atoms with Crippen LogP contribution in [0.4, 0.5) is 10.1 Å². The number of hydrogen-bond acceptors (Lipinski definition) is 4. The quantitative estimate of drug-likeness (QED) is 0.896. The minimum absolute atomic E-state index is 0.0685. The van der Waals surface area contributed by atoms with Gasteiger partial charge in [0.25, 0.3) is 5.91 Å².